The molecule has 72 valence electrons. The zero-order valence-corrected chi connectivity index (χ0v) is 8.17. The normalized spacial score (nSPS) is 12.6. The minimum atomic E-state index is -0.284. The average molecular weight is 183 g/mol. The molecule has 1 aromatic heterocycles. The van der Waals surface area contributed by atoms with Crippen molar-refractivity contribution < 1.29 is 9.13 Å². The molecule has 3 heteroatoms. The van der Waals surface area contributed by atoms with Crippen LogP contribution in [0.1, 0.15) is 31.9 Å². The smallest absolute Gasteiger partial charge is 0.148 e. The highest BCUT2D eigenvalue weighted by molar-refractivity contribution is 5.23. The Morgan fingerprint density at radius 3 is 2.77 bits per heavy atom. The highest BCUT2D eigenvalue weighted by Crippen LogP contribution is 2.22. The van der Waals surface area contributed by atoms with Gasteiger partial charge in [-0.3, -0.25) is 4.98 Å². The predicted molar refractivity (Wildman–Crippen MR) is 49.5 cm³/mol. The third-order valence-corrected chi connectivity index (χ3v) is 2.16. The summed E-state index contributed by atoms with van der Waals surface area (Å²) in [7, 11) is 1.50. The fourth-order valence-electron chi connectivity index (χ4n) is 1.10. The highest BCUT2D eigenvalue weighted by Gasteiger charge is 2.11. The van der Waals surface area contributed by atoms with E-state index in [-0.39, 0.29) is 11.7 Å². The van der Waals surface area contributed by atoms with Gasteiger partial charge in [-0.25, -0.2) is 4.39 Å². The molecule has 0 saturated heterocycles. The molecule has 0 spiro atoms. The van der Waals surface area contributed by atoms with E-state index < -0.39 is 0 Å². The first-order valence-electron chi connectivity index (χ1n) is 4.38. The summed E-state index contributed by atoms with van der Waals surface area (Å²) >= 11 is 0. The Bertz CT molecular complexity index is 288. The van der Waals surface area contributed by atoms with Gasteiger partial charge in [0.25, 0.3) is 0 Å². The number of aromatic nitrogens is 1. The molecule has 1 heterocycles. The number of nitrogens with zero attached hydrogens (tertiary/aromatic N) is 1. The number of pyridine rings is 1. The first-order chi connectivity index (χ1) is 6.19. The lowest BCUT2D eigenvalue weighted by molar-refractivity contribution is 0.406. The van der Waals surface area contributed by atoms with Crippen LogP contribution in [-0.2, 0) is 0 Å². The van der Waals surface area contributed by atoms with Crippen LogP contribution in [0.2, 0.25) is 0 Å². The molecule has 0 aliphatic rings. The summed E-state index contributed by atoms with van der Waals surface area (Å²) in [5.41, 5.74) is 0.517. The standard InChI is InChI=1S/C10H14FNO/c1-4-7(2)10-9(11)5-8(13-3)6-12-10/h5-7H,4H2,1-3H3. The van der Waals surface area contributed by atoms with Crippen LogP contribution in [0.3, 0.4) is 0 Å². The maximum atomic E-state index is 13.3. The molecule has 1 atom stereocenters. The quantitative estimate of drug-likeness (QED) is 0.718. The van der Waals surface area contributed by atoms with Crippen molar-refractivity contribution in [1.82, 2.24) is 4.98 Å². The molecule has 1 aromatic rings. The fourth-order valence-corrected chi connectivity index (χ4v) is 1.10. The van der Waals surface area contributed by atoms with Crippen molar-refractivity contribution in [3.05, 3.63) is 23.8 Å². The van der Waals surface area contributed by atoms with Crippen molar-refractivity contribution in [2.45, 2.75) is 26.2 Å². The van der Waals surface area contributed by atoms with Crippen LogP contribution < -0.4 is 4.74 Å². The van der Waals surface area contributed by atoms with Gasteiger partial charge < -0.3 is 4.74 Å². The second-order valence-corrected chi connectivity index (χ2v) is 3.05. The summed E-state index contributed by atoms with van der Waals surface area (Å²) in [6, 6.07) is 1.37. The number of rotatable bonds is 3. The second kappa shape index (κ2) is 4.21. The highest BCUT2D eigenvalue weighted by atomic mass is 19.1. The SMILES string of the molecule is CCC(C)c1ncc(OC)cc1F. The third kappa shape index (κ3) is 2.17. The van der Waals surface area contributed by atoms with E-state index in [9.17, 15) is 4.39 Å². The molecule has 0 radical (unpaired) electrons. The summed E-state index contributed by atoms with van der Waals surface area (Å²) in [5.74, 6) is 0.337. The molecule has 0 amide bonds. The lowest BCUT2D eigenvalue weighted by atomic mass is 10.0. The van der Waals surface area contributed by atoms with Gasteiger partial charge in [-0.1, -0.05) is 13.8 Å². The predicted octanol–water partition coefficient (Wildman–Crippen LogP) is 2.74. The third-order valence-electron chi connectivity index (χ3n) is 2.16. The summed E-state index contributed by atoms with van der Waals surface area (Å²) in [4.78, 5) is 4.02. The van der Waals surface area contributed by atoms with Gasteiger partial charge in [0.1, 0.15) is 11.6 Å². The van der Waals surface area contributed by atoms with Gasteiger partial charge >= 0.3 is 0 Å². The van der Waals surface area contributed by atoms with Crippen LogP contribution in [0.5, 0.6) is 5.75 Å². The van der Waals surface area contributed by atoms with Gasteiger partial charge in [0.2, 0.25) is 0 Å². The van der Waals surface area contributed by atoms with Gasteiger partial charge in [0.15, 0.2) is 0 Å². The number of methoxy groups -OCH3 is 1. The first kappa shape index (κ1) is 9.96. The topological polar surface area (TPSA) is 22.1 Å². The number of hydrogen-bond acceptors (Lipinski definition) is 2. The summed E-state index contributed by atoms with van der Waals surface area (Å²) < 4.78 is 18.2. The molecule has 0 aliphatic carbocycles. The van der Waals surface area contributed by atoms with Crippen molar-refractivity contribution in [3.8, 4) is 5.75 Å². The largest absolute Gasteiger partial charge is 0.495 e. The van der Waals surface area contributed by atoms with Crippen molar-refractivity contribution in [1.29, 1.82) is 0 Å². The summed E-state index contributed by atoms with van der Waals surface area (Å²) in [6.45, 7) is 3.97. The van der Waals surface area contributed by atoms with Gasteiger partial charge in [0.05, 0.1) is 19.0 Å². The van der Waals surface area contributed by atoms with Crippen molar-refractivity contribution >= 4 is 0 Å². The Morgan fingerprint density at radius 1 is 1.62 bits per heavy atom. The first-order valence-corrected chi connectivity index (χ1v) is 4.38. The Kier molecular flexibility index (Phi) is 3.23. The molecule has 13 heavy (non-hydrogen) atoms. The minimum Gasteiger partial charge on any atom is -0.495 e. The zero-order chi connectivity index (χ0) is 9.84. The van der Waals surface area contributed by atoms with E-state index in [0.717, 1.165) is 6.42 Å². The van der Waals surface area contributed by atoms with Crippen LogP contribution in [0, 0.1) is 5.82 Å². The average Bonchev–Trinajstić information content (AvgIpc) is 2.16. The van der Waals surface area contributed by atoms with E-state index >= 15 is 0 Å². The van der Waals surface area contributed by atoms with Crippen molar-refractivity contribution in [3.63, 3.8) is 0 Å². The fraction of sp³-hybridized carbons (Fsp3) is 0.500. The number of ether oxygens (including phenoxy) is 1. The van der Waals surface area contributed by atoms with Crippen LogP contribution >= 0.6 is 0 Å². The molecular weight excluding hydrogens is 169 g/mol. The van der Waals surface area contributed by atoms with Crippen LogP contribution in [0.25, 0.3) is 0 Å². The molecule has 0 fully saturated rings. The van der Waals surface area contributed by atoms with Gasteiger partial charge in [-0.05, 0) is 6.42 Å². The summed E-state index contributed by atoms with van der Waals surface area (Å²) in [5, 5.41) is 0. The summed E-state index contributed by atoms with van der Waals surface area (Å²) in [6.07, 6.45) is 2.43. The van der Waals surface area contributed by atoms with E-state index in [0.29, 0.717) is 11.4 Å². The molecule has 0 saturated carbocycles. The van der Waals surface area contributed by atoms with Crippen LogP contribution in [-0.4, -0.2) is 12.1 Å². The second-order valence-electron chi connectivity index (χ2n) is 3.05. The molecule has 2 nitrogen and oxygen atoms in total. The van der Waals surface area contributed by atoms with Crippen LogP contribution in [0.4, 0.5) is 4.39 Å². The molecule has 0 aliphatic heterocycles. The molecular formula is C10H14FNO. The molecule has 0 aromatic carbocycles. The minimum absolute atomic E-state index is 0.158. The Hall–Kier alpha value is -1.12. The lowest BCUT2D eigenvalue weighted by Gasteiger charge is -2.09. The van der Waals surface area contributed by atoms with Gasteiger partial charge in [0, 0.05) is 12.0 Å². The Morgan fingerprint density at radius 2 is 2.31 bits per heavy atom. The van der Waals surface area contributed by atoms with E-state index in [1.165, 1.54) is 13.2 Å². The van der Waals surface area contributed by atoms with Crippen molar-refractivity contribution in [2.75, 3.05) is 7.11 Å². The van der Waals surface area contributed by atoms with E-state index in [4.69, 9.17) is 4.74 Å². The Balaban J connectivity index is 2.98. The maximum absolute atomic E-state index is 13.3. The number of halogens is 1. The zero-order valence-electron chi connectivity index (χ0n) is 8.17. The monoisotopic (exact) mass is 183 g/mol. The molecule has 0 N–H and O–H groups in total. The van der Waals surface area contributed by atoms with E-state index in [1.54, 1.807) is 6.20 Å². The molecule has 1 rings (SSSR count). The Labute approximate surface area is 77.8 Å². The van der Waals surface area contributed by atoms with E-state index in [2.05, 4.69) is 4.98 Å². The number of hydrogen-bond donors (Lipinski definition) is 0. The van der Waals surface area contributed by atoms with Gasteiger partial charge in [-0.15, -0.1) is 0 Å². The van der Waals surface area contributed by atoms with Crippen LogP contribution in [0.15, 0.2) is 12.3 Å². The lowest BCUT2D eigenvalue weighted by Crippen LogP contribution is -2.00. The maximum Gasteiger partial charge on any atom is 0.148 e. The van der Waals surface area contributed by atoms with Gasteiger partial charge in [-0.2, -0.15) is 0 Å². The molecule has 0 bridgehead atoms. The molecule has 1 unspecified atom stereocenters. The van der Waals surface area contributed by atoms with E-state index in [1.807, 2.05) is 13.8 Å². The van der Waals surface area contributed by atoms with Crippen molar-refractivity contribution in [2.24, 2.45) is 0 Å².